The van der Waals surface area contributed by atoms with E-state index in [1.165, 1.54) is 51.0 Å². The SMILES string of the molecule is CC=C1C2C(CCC1C1(C)CCCC(C)(C)C1)COC2OC(C)=O. The highest BCUT2D eigenvalue weighted by molar-refractivity contribution is 5.66. The molecule has 3 rings (SSSR count). The molecular weight excluding hydrogens is 300 g/mol. The Morgan fingerprint density at radius 2 is 2.00 bits per heavy atom. The lowest BCUT2D eigenvalue weighted by Crippen LogP contribution is -2.43. The number of rotatable bonds is 2. The molecule has 1 aliphatic heterocycles. The summed E-state index contributed by atoms with van der Waals surface area (Å²) in [7, 11) is 0. The van der Waals surface area contributed by atoms with Gasteiger partial charge in [-0.1, -0.05) is 38.8 Å². The van der Waals surface area contributed by atoms with Crippen LogP contribution in [-0.2, 0) is 14.3 Å². The molecule has 0 aromatic heterocycles. The molecule has 2 saturated carbocycles. The topological polar surface area (TPSA) is 35.5 Å². The van der Waals surface area contributed by atoms with Crippen molar-refractivity contribution in [3.8, 4) is 0 Å². The maximum atomic E-state index is 11.5. The zero-order chi connectivity index (χ0) is 17.5. The Morgan fingerprint density at radius 3 is 2.62 bits per heavy atom. The van der Waals surface area contributed by atoms with Crippen LogP contribution in [0.15, 0.2) is 11.6 Å². The summed E-state index contributed by atoms with van der Waals surface area (Å²) in [6.45, 7) is 11.7. The number of carbonyl (C=O) groups is 1. The largest absolute Gasteiger partial charge is 0.435 e. The summed E-state index contributed by atoms with van der Waals surface area (Å²) in [6.07, 6.45) is 9.65. The quantitative estimate of drug-likeness (QED) is 0.520. The van der Waals surface area contributed by atoms with Crippen LogP contribution in [0.5, 0.6) is 0 Å². The van der Waals surface area contributed by atoms with Gasteiger partial charge in [0.15, 0.2) is 0 Å². The highest BCUT2D eigenvalue weighted by Gasteiger charge is 2.51. The molecule has 2 aliphatic carbocycles. The standard InChI is InChI=1S/C21H34O3/c1-6-16-17(21(5)11-7-10-20(3,4)13-21)9-8-15-12-23-19(18(15)16)24-14(2)22/h6,15,17-19H,7-13H2,1-5H3. The van der Waals surface area contributed by atoms with Crippen molar-refractivity contribution in [2.75, 3.05) is 6.61 Å². The molecule has 1 heterocycles. The molecule has 3 aliphatic rings. The number of fused-ring (bicyclic) bond motifs is 1. The first kappa shape index (κ1) is 18.0. The van der Waals surface area contributed by atoms with E-state index < -0.39 is 0 Å². The number of esters is 1. The van der Waals surface area contributed by atoms with Crippen LogP contribution in [0.25, 0.3) is 0 Å². The van der Waals surface area contributed by atoms with E-state index in [0.29, 0.717) is 22.7 Å². The maximum Gasteiger partial charge on any atom is 0.304 e. The molecule has 5 atom stereocenters. The van der Waals surface area contributed by atoms with Gasteiger partial charge in [0, 0.05) is 12.8 Å². The van der Waals surface area contributed by atoms with Crippen molar-refractivity contribution in [1.82, 2.24) is 0 Å². The maximum absolute atomic E-state index is 11.5. The average Bonchev–Trinajstić information content (AvgIpc) is 2.87. The van der Waals surface area contributed by atoms with Gasteiger partial charge >= 0.3 is 5.97 Å². The first-order valence-corrected chi connectivity index (χ1v) is 9.71. The molecule has 1 saturated heterocycles. The van der Waals surface area contributed by atoms with Crippen LogP contribution in [0.1, 0.15) is 73.1 Å². The predicted molar refractivity (Wildman–Crippen MR) is 95.3 cm³/mol. The molecule has 3 heteroatoms. The second-order valence-electron chi connectivity index (χ2n) is 9.36. The number of carbonyl (C=O) groups excluding carboxylic acids is 1. The Hall–Kier alpha value is -0.830. The monoisotopic (exact) mass is 334 g/mol. The van der Waals surface area contributed by atoms with Crippen LogP contribution < -0.4 is 0 Å². The van der Waals surface area contributed by atoms with E-state index in [1.807, 2.05) is 0 Å². The van der Waals surface area contributed by atoms with Crippen molar-refractivity contribution in [3.05, 3.63) is 11.6 Å². The van der Waals surface area contributed by atoms with Crippen molar-refractivity contribution in [2.45, 2.75) is 79.4 Å². The first-order valence-electron chi connectivity index (χ1n) is 9.71. The smallest absolute Gasteiger partial charge is 0.304 e. The van der Waals surface area contributed by atoms with Gasteiger partial charge in [-0.15, -0.1) is 0 Å². The summed E-state index contributed by atoms with van der Waals surface area (Å²) in [4.78, 5) is 11.5. The number of allylic oxidation sites excluding steroid dienone is 1. The van der Waals surface area contributed by atoms with Crippen molar-refractivity contribution < 1.29 is 14.3 Å². The lowest BCUT2D eigenvalue weighted by Gasteiger charge is -2.51. The van der Waals surface area contributed by atoms with Crippen LogP contribution in [0.3, 0.4) is 0 Å². The third kappa shape index (κ3) is 3.29. The minimum Gasteiger partial charge on any atom is -0.435 e. The average molecular weight is 334 g/mol. The van der Waals surface area contributed by atoms with E-state index in [9.17, 15) is 4.79 Å². The highest BCUT2D eigenvalue weighted by atomic mass is 16.7. The van der Waals surface area contributed by atoms with Crippen LogP contribution in [0.4, 0.5) is 0 Å². The fourth-order valence-electron chi connectivity index (χ4n) is 6.07. The molecule has 0 amide bonds. The van der Waals surface area contributed by atoms with Crippen LogP contribution in [0, 0.1) is 28.6 Å². The second kappa shape index (κ2) is 6.48. The molecule has 0 bridgehead atoms. The first-order chi connectivity index (χ1) is 11.3. The summed E-state index contributed by atoms with van der Waals surface area (Å²) < 4.78 is 11.4. The fraction of sp³-hybridized carbons (Fsp3) is 0.857. The zero-order valence-corrected chi connectivity index (χ0v) is 16.1. The molecule has 5 unspecified atom stereocenters. The van der Waals surface area contributed by atoms with Crippen molar-refractivity contribution in [2.24, 2.45) is 28.6 Å². The van der Waals surface area contributed by atoms with Gasteiger partial charge in [-0.3, -0.25) is 4.79 Å². The molecule has 136 valence electrons. The summed E-state index contributed by atoms with van der Waals surface area (Å²) in [5.41, 5.74) is 2.29. The molecule has 0 radical (unpaired) electrons. The van der Waals surface area contributed by atoms with Crippen LogP contribution in [-0.4, -0.2) is 18.9 Å². The van der Waals surface area contributed by atoms with Crippen molar-refractivity contribution >= 4 is 5.97 Å². The van der Waals surface area contributed by atoms with Gasteiger partial charge in [-0.2, -0.15) is 0 Å². The Kier molecular flexibility index (Phi) is 4.85. The Morgan fingerprint density at radius 1 is 1.25 bits per heavy atom. The lowest BCUT2D eigenvalue weighted by atomic mass is 9.54. The van der Waals surface area contributed by atoms with Crippen molar-refractivity contribution in [1.29, 1.82) is 0 Å². The number of hydrogen-bond acceptors (Lipinski definition) is 3. The van der Waals surface area contributed by atoms with Gasteiger partial charge in [-0.05, 0) is 61.7 Å². The van der Waals surface area contributed by atoms with E-state index in [4.69, 9.17) is 9.47 Å². The minimum atomic E-state index is -0.373. The molecule has 0 spiro atoms. The third-order valence-corrected chi connectivity index (χ3v) is 6.83. The van der Waals surface area contributed by atoms with Crippen LogP contribution in [0.2, 0.25) is 0 Å². The summed E-state index contributed by atoms with van der Waals surface area (Å²) >= 11 is 0. The molecule has 3 nitrogen and oxygen atoms in total. The zero-order valence-electron chi connectivity index (χ0n) is 16.1. The number of hydrogen-bond donors (Lipinski definition) is 0. The van der Waals surface area contributed by atoms with Gasteiger partial charge in [0.1, 0.15) is 0 Å². The minimum absolute atomic E-state index is 0.233. The van der Waals surface area contributed by atoms with Gasteiger partial charge in [0.2, 0.25) is 6.29 Å². The molecule has 0 aromatic rings. The molecule has 0 N–H and O–H groups in total. The molecule has 3 fully saturated rings. The Balaban J connectivity index is 1.86. The normalized spacial score (nSPS) is 43.5. The van der Waals surface area contributed by atoms with Gasteiger partial charge in [-0.25, -0.2) is 0 Å². The van der Waals surface area contributed by atoms with E-state index in [-0.39, 0.29) is 18.2 Å². The van der Waals surface area contributed by atoms with E-state index in [2.05, 4.69) is 33.8 Å². The molecular formula is C21H34O3. The highest BCUT2D eigenvalue weighted by Crippen LogP contribution is 2.58. The third-order valence-electron chi connectivity index (χ3n) is 6.83. The van der Waals surface area contributed by atoms with E-state index in [1.54, 1.807) is 0 Å². The van der Waals surface area contributed by atoms with Crippen molar-refractivity contribution in [3.63, 3.8) is 0 Å². The summed E-state index contributed by atoms with van der Waals surface area (Å²) in [6, 6.07) is 0. The van der Waals surface area contributed by atoms with Gasteiger partial charge in [0.05, 0.1) is 6.61 Å². The Labute approximate surface area is 147 Å². The van der Waals surface area contributed by atoms with Crippen LogP contribution >= 0.6 is 0 Å². The van der Waals surface area contributed by atoms with Gasteiger partial charge < -0.3 is 9.47 Å². The Bertz CT molecular complexity index is 521. The van der Waals surface area contributed by atoms with Gasteiger partial charge in [0.25, 0.3) is 0 Å². The predicted octanol–water partition coefficient (Wildman–Crippen LogP) is 5.10. The molecule has 0 aromatic carbocycles. The lowest BCUT2D eigenvalue weighted by molar-refractivity contribution is -0.172. The summed E-state index contributed by atoms with van der Waals surface area (Å²) in [5.74, 6) is 1.14. The van der Waals surface area contributed by atoms with E-state index in [0.717, 1.165) is 6.61 Å². The van der Waals surface area contributed by atoms with E-state index >= 15 is 0 Å². The number of ether oxygens (including phenoxy) is 2. The second-order valence-corrected chi connectivity index (χ2v) is 9.36. The molecule has 24 heavy (non-hydrogen) atoms. The fourth-order valence-corrected chi connectivity index (χ4v) is 6.07. The summed E-state index contributed by atoms with van der Waals surface area (Å²) in [5, 5.41) is 0.